The van der Waals surface area contributed by atoms with Crippen molar-refractivity contribution in [1.82, 2.24) is 4.98 Å². The predicted octanol–water partition coefficient (Wildman–Crippen LogP) is 2.82. The van der Waals surface area contributed by atoms with Gasteiger partial charge in [0.15, 0.2) is 6.61 Å². The number of aryl methyl sites for hydroxylation is 2. The molecule has 154 valence electrons. The average molecular weight is 403 g/mol. The third-order valence-corrected chi connectivity index (χ3v) is 4.16. The zero-order valence-corrected chi connectivity index (χ0v) is 16.5. The van der Waals surface area contributed by atoms with Gasteiger partial charge in [0, 0.05) is 17.8 Å². The number of rotatable bonds is 7. The molecule has 0 atom stereocenters. The summed E-state index contributed by atoms with van der Waals surface area (Å²) in [5.74, 6) is -2.03. The van der Waals surface area contributed by atoms with Crippen LogP contribution in [0.15, 0.2) is 18.2 Å². The summed E-state index contributed by atoms with van der Waals surface area (Å²) >= 11 is 0. The van der Waals surface area contributed by atoms with Crippen LogP contribution in [0, 0.1) is 30.9 Å². The molecule has 1 amide bonds. The number of aromatic amines is 1. The third-order valence-electron chi connectivity index (χ3n) is 4.16. The first kappa shape index (κ1) is 21.6. The number of carbonyl (C=O) groups is 3. The molecule has 0 spiro atoms. The van der Waals surface area contributed by atoms with Gasteiger partial charge < -0.3 is 19.8 Å². The van der Waals surface area contributed by atoms with Crippen LogP contribution < -0.4 is 5.32 Å². The Labute approximate surface area is 166 Å². The zero-order chi connectivity index (χ0) is 21.7. The number of H-pyrrole nitrogens is 1. The van der Waals surface area contributed by atoms with Crippen LogP contribution in [0.2, 0.25) is 0 Å². The molecule has 0 saturated carbocycles. The molecule has 2 N–H and O–H groups in total. The number of hydrogen-bond acceptors (Lipinski definition) is 7. The van der Waals surface area contributed by atoms with E-state index in [1.165, 1.54) is 18.2 Å². The molecule has 0 aliphatic rings. The van der Waals surface area contributed by atoms with Gasteiger partial charge in [0.25, 0.3) is 11.6 Å². The van der Waals surface area contributed by atoms with Crippen molar-refractivity contribution in [1.29, 1.82) is 0 Å². The molecule has 0 aliphatic carbocycles. The molecule has 1 aromatic carbocycles. The first-order valence-corrected chi connectivity index (χ1v) is 8.74. The number of nitrogens with zero attached hydrogens (tertiary/aromatic N) is 1. The summed E-state index contributed by atoms with van der Waals surface area (Å²) in [6.07, 6.45) is 0. The Hall–Kier alpha value is -3.69. The van der Waals surface area contributed by atoms with Gasteiger partial charge in [-0.2, -0.15) is 0 Å². The summed E-state index contributed by atoms with van der Waals surface area (Å²) in [4.78, 5) is 49.4. The molecular weight excluding hydrogens is 382 g/mol. The van der Waals surface area contributed by atoms with Gasteiger partial charge in [-0.15, -0.1) is 0 Å². The topological polar surface area (TPSA) is 141 Å². The lowest BCUT2D eigenvalue weighted by molar-refractivity contribution is -0.384. The molecule has 0 saturated heterocycles. The van der Waals surface area contributed by atoms with Crippen LogP contribution >= 0.6 is 0 Å². The molecule has 10 heteroatoms. The van der Waals surface area contributed by atoms with Crippen LogP contribution in [0.3, 0.4) is 0 Å². The molecule has 0 unspecified atom stereocenters. The fourth-order valence-electron chi connectivity index (χ4n) is 2.71. The molecule has 2 aromatic rings. The van der Waals surface area contributed by atoms with Crippen molar-refractivity contribution in [3.05, 3.63) is 56.4 Å². The lowest BCUT2D eigenvalue weighted by Gasteiger charge is -2.09. The van der Waals surface area contributed by atoms with Gasteiger partial charge in [0.1, 0.15) is 5.69 Å². The minimum Gasteiger partial charge on any atom is -0.462 e. The highest BCUT2D eigenvalue weighted by Gasteiger charge is 2.24. The van der Waals surface area contributed by atoms with Crippen molar-refractivity contribution in [2.75, 3.05) is 18.5 Å². The first-order chi connectivity index (χ1) is 13.6. The SMILES string of the molecule is CCOC(=O)c1c(C)[nH]c(C(=O)OCC(=O)Nc2cc([N+](=O)[O-])ccc2C)c1C. The number of esters is 2. The van der Waals surface area contributed by atoms with Gasteiger partial charge in [-0.25, -0.2) is 9.59 Å². The highest BCUT2D eigenvalue weighted by molar-refractivity contribution is 6.00. The first-order valence-electron chi connectivity index (χ1n) is 8.74. The number of benzene rings is 1. The number of anilines is 1. The van der Waals surface area contributed by atoms with Crippen molar-refractivity contribution in [2.24, 2.45) is 0 Å². The summed E-state index contributed by atoms with van der Waals surface area (Å²) in [5, 5.41) is 13.3. The van der Waals surface area contributed by atoms with Crippen molar-refractivity contribution in [3.8, 4) is 0 Å². The van der Waals surface area contributed by atoms with Gasteiger partial charge in [0.2, 0.25) is 0 Å². The van der Waals surface area contributed by atoms with Crippen molar-refractivity contribution >= 4 is 29.2 Å². The Balaban J connectivity index is 2.05. The molecule has 10 nitrogen and oxygen atoms in total. The Morgan fingerprint density at radius 1 is 1.14 bits per heavy atom. The Morgan fingerprint density at radius 2 is 1.83 bits per heavy atom. The average Bonchev–Trinajstić information content (AvgIpc) is 2.96. The number of nitrogens with one attached hydrogen (secondary N) is 2. The Morgan fingerprint density at radius 3 is 2.45 bits per heavy atom. The molecule has 1 heterocycles. The largest absolute Gasteiger partial charge is 0.462 e. The van der Waals surface area contributed by atoms with E-state index in [-0.39, 0.29) is 29.2 Å². The fraction of sp³-hybridized carbons (Fsp3) is 0.316. The van der Waals surface area contributed by atoms with E-state index in [4.69, 9.17) is 9.47 Å². The van der Waals surface area contributed by atoms with Crippen LogP contribution in [0.1, 0.15) is 44.6 Å². The second-order valence-electron chi connectivity index (χ2n) is 6.23. The Kier molecular flexibility index (Phi) is 6.71. The van der Waals surface area contributed by atoms with Crippen LogP contribution in [0.4, 0.5) is 11.4 Å². The van der Waals surface area contributed by atoms with Gasteiger partial charge in [-0.1, -0.05) is 6.07 Å². The smallest absolute Gasteiger partial charge is 0.355 e. The molecule has 0 aliphatic heterocycles. The number of nitro groups is 1. The zero-order valence-electron chi connectivity index (χ0n) is 16.5. The summed E-state index contributed by atoms with van der Waals surface area (Å²) in [6.45, 7) is 6.12. The van der Waals surface area contributed by atoms with E-state index in [9.17, 15) is 24.5 Å². The van der Waals surface area contributed by atoms with Crippen molar-refractivity contribution in [3.63, 3.8) is 0 Å². The summed E-state index contributed by atoms with van der Waals surface area (Å²) in [7, 11) is 0. The van der Waals surface area contributed by atoms with E-state index in [1.54, 1.807) is 27.7 Å². The second kappa shape index (κ2) is 9.00. The number of amides is 1. The van der Waals surface area contributed by atoms with E-state index >= 15 is 0 Å². The maximum absolute atomic E-state index is 12.3. The van der Waals surface area contributed by atoms with Crippen LogP contribution in [0.5, 0.6) is 0 Å². The van der Waals surface area contributed by atoms with Crippen LogP contribution in [0.25, 0.3) is 0 Å². The fourth-order valence-corrected chi connectivity index (χ4v) is 2.71. The number of ether oxygens (including phenoxy) is 2. The normalized spacial score (nSPS) is 10.3. The molecule has 1 aromatic heterocycles. The van der Waals surface area contributed by atoms with E-state index in [2.05, 4.69) is 10.3 Å². The van der Waals surface area contributed by atoms with Crippen molar-refractivity contribution < 1.29 is 28.8 Å². The maximum atomic E-state index is 12.3. The van der Waals surface area contributed by atoms with Gasteiger partial charge in [-0.3, -0.25) is 14.9 Å². The minimum absolute atomic E-state index is 0.0462. The summed E-state index contributed by atoms with van der Waals surface area (Å²) in [6, 6.07) is 4.05. The number of non-ortho nitro benzene ring substituents is 1. The quantitative estimate of drug-likeness (QED) is 0.411. The number of carbonyl (C=O) groups excluding carboxylic acids is 3. The maximum Gasteiger partial charge on any atom is 0.355 e. The van der Waals surface area contributed by atoms with E-state index in [0.717, 1.165) is 0 Å². The highest BCUT2D eigenvalue weighted by Crippen LogP contribution is 2.22. The van der Waals surface area contributed by atoms with Gasteiger partial charge in [-0.05, 0) is 38.8 Å². The number of aromatic nitrogens is 1. The molecule has 29 heavy (non-hydrogen) atoms. The monoisotopic (exact) mass is 403 g/mol. The number of hydrogen-bond donors (Lipinski definition) is 2. The van der Waals surface area contributed by atoms with E-state index in [0.29, 0.717) is 16.8 Å². The van der Waals surface area contributed by atoms with Gasteiger partial charge >= 0.3 is 11.9 Å². The lowest BCUT2D eigenvalue weighted by atomic mass is 10.1. The molecule has 0 radical (unpaired) electrons. The Bertz CT molecular complexity index is 978. The molecule has 0 bridgehead atoms. The van der Waals surface area contributed by atoms with Crippen LogP contribution in [-0.2, 0) is 14.3 Å². The molecule has 0 fully saturated rings. The van der Waals surface area contributed by atoms with Crippen molar-refractivity contribution in [2.45, 2.75) is 27.7 Å². The summed E-state index contributed by atoms with van der Waals surface area (Å²) < 4.78 is 9.96. The van der Waals surface area contributed by atoms with E-state index < -0.39 is 29.4 Å². The predicted molar refractivity (Wildman–Crippen MR) is 103 cm³/mol. The second-order valence-corrected chi connectivity index (χ2v) is 6.23. The third kappa shape index (κ3) is 4.98. The molecular formula is C19H21N3O7. The summed E-state index contributed by atoms with van der Waals surface area (Å²) in [5.41, 5.74) is 1.79. The highest BCUT2D eigenvalue weighted by atomic mass is 16.6. The lowest BCUT2D eigenvalue weighted by Crippen LogP contribution is -2.22. The van der Waals surface area contributed by atoms with Crippen LogP contribution in [-0.4, -0.2) is 41.0 Å². The van der Waals surface area contributed by atoms with Gasteiger partial charge in [0.05, 0.1) is 22.8 Å². The number of nitro benzene ring substituents is 1. The minimum atomic E-state index is -0.813. The standard InChI is InChI=1S/C19H21N3O7/c1-5-28-18(24)16-11(3)17(20-12(16)4)19(25)29-9-15(23)21-14-8-13(22(26)27)7-6-10(14)2/h6-8,20H,5,9H2,1-4H3,(H,21,23). The molecule has 2 rings (SSSR count). The van der Waals surface area contributed by atoms with E-state index in [1.807, 2.05) is 0 Å².